The summed E-state index contributed by atoms with van der Waals surface area (Å²) in [4.78, 5) is 58.8. The summed E-state index contributed by atoms with van der Waals surface area (Å²) in [6, 6.07) is 15.1. The maximum Gasteiger partial charge on any atom is 0.329 e. The van der Waals surface area contributed by atoms with Crippen LogP contribution >= 0.6 is 0 Å². The first-order valence-electron chi connectivity index (χ1n) is 15.9. The van der Waals surface area contributed by atoms with Crippen LogP contribution in [0.3, 0.4) is 0 Å². The molecule has 0 spiro atoms. The van der Waals surface area contributed by atoms with Crippen molar-refractivity contribution in [1.29, 1.82) is 0 Å². The molecular formula is C35H47N5O5. The first kappa shape index (κ1) is 33.7. The molecule has 242 valence electrons. The number of nitrogens with zero attached hydrogens (tertiary/aromatic N) is 1. The number of nitrogens with one attached hydrogen (secondary N) is 3. The largest absolute Gasteiger partial charge is 0.458 e. The lowest BCUT2D eigenvalue weighted by Crippen LogP contribution is -2.55. The normalized spacial score (nSPS) is 16.1. The van der Waals surface area contributed by atoms with Crippen molar-refractivity contribution in [1.82, 2.24) is 20.5 Å². The highest BCUT2D eigenvalue weighted by atomic mass is 16.6. The Morgan fingerprint density at radius 3 is 2.31 bits per heavy atom. The van der Waals surface area contributed by atoms with Crippen LogP contribution in [0.2, 0.25) is 0 Å². The monoisotopic (exact) mass is 617 g/mol. The van der Waals surface area contributed by atoms with Crippen LogP contribution < -0.4 is 16.4 Å². The lowest BCUT2D eigenvalue weighted by molar-refractivity contribution is -0.159. The minimum Gasteiger partial charge on any atom is -0.458 e. The fourth-order valence-electron chi connectivity index (χ4n) is 5.82. The summed E-state index contributed by atoms with van der Waals surface area (Å²) in [5.41, 5.74) is 7.39. The number of hydrogen-bond acceptors (Lipinski definition) is 6. The number of likely N-dealkylation sites (tertiary alicyclic amines) is 1. The summed E-state index contributed by atoms with van der Waals surface area (Å²) in [5.74, 6) is -2.06. The van der Waals surface area contributed by atoms with Crippen LogP contribution in [0.4, 0.5) is 0 Å². The highest BCUT2D eigenvalue weighted by molar-refractivity contribution is 5.95. The van der Waals surface area contributed by atoms with Crippen LogP contribution in [-0.2, 0) is 19.1 Å². The van der Waals surface area contributed by atoms with Crippen molar-refractivity contribution in [2.24, 2.45) is 11.7 Å². The molecule has 10 nitrogen and oxygen atoms in total. The minimum absolute atomic E-state index is 0.0532. The summed E-state index contributed by atoms with van der Waals surface area (Å²) >= 11 is 0. The van der Waals surface area contributed by atoms with E-state index in [2.05, 4.69) is 15.6 Å². The van der Waals surface area contributed by atoms with Gasteiger partial charge in [0.05, 0.1) is 0 Å². The Kier molecular flexibility index (Phi) is 11.4. The number of amides is 3. The minimum atomic E-state index is -0.958. The van der Waals surface area contributed by atoms with Gasteiger partial charge >= 0.3 is 5.97 Å². The first-order valence-corrected chi connectivity index (χ1v) is 15.9. The van der Waals surface area contributed by atoms with E-state index in [1.165, 1.54) is 0 Å². The number of ether oxygens (including phenoxy) is 1. The van der Waals surface area contributed by atoms with Gasteiger partial charge in [0.15, 0.2) is 0 Å². The van der Waals surface area contributed by atoms with E-state index >= 15 is 0 Å². The number of para-hydroxylation sites is 1. The van der Waals surface area contributed by atoms with E-state index in [-0.39, 0.29) is 17.7 Å². The Balaban J connectivity index is 1.52. The van der Waals surface area contributed by atoms with Crippen molar-refractivity contribution in [3.63, 3.8) is 0 Å². The molecule has 4 rings (SSSR count). The number of nitrogens with two attached hydrogens (primary N) is 1. The molecule has 1 aliphatic heterocycles. The van der Waals surface area contributed by atoms with Gasteiger partial charge in [-0.25, -0.2) is 4.79 Å². The Morgan fingerprint density at radius 1 is 0.978 bits per heavy atom. The predicted molar refractivity (Wildman–Crippen MR) is 174 cm³/mol. The molecule has 1 saturated heterocycles. The number of aromatic amines is 1. The van der Waals surface area contributed by atoms with Gasteiger partial charge in [0.25, 0.3) is 5.91 Å². The molecule has 1 aliphatic rings. The number of piperidine rings is 1. The third kappa shape index (κ3) is 8.94. The van der Waals surface area contributed by atoms with Crippen LogP contribution in [0.15, 0.2) is 60.8 Å². The van der Waals surface area contributed by atoms with Gasteiger partial charge in [0.2, 0.25) is 11.8 Å². The maximum atomic E-state index is 14.0. The SMILES string of the molecule is C[C@@H](c1c[nH]c2ccccc12)[C@H](NC(=O)C1CCN(C(=O)c2ccccc2)CC1)C(=O)N[C@@H](CCCCN)C(=O)OC(C)(C)C. The number of esters is 1. The molecule has 1 fully saturated rings. The third-order valence-electron chi connectivity index (χ3n) is 8.32. The Labute approximate surface area is 265 Å². The van der Waals surface area contributed by atoms with E-state index in [1.807, 2.05) is 55.6 Å². The van der Waals surface area contributed by atoms with Crippen LogP contribution in [0.1, 0.15) is 81.6 Å². The van der Waals surface area contributed by atoms with Crippen molar-refractivity contribution in [3.8, 4) is 0 Å². The molecular weight excluding hydrogens is 570 g/mol. The summed E-state index contributed by atoms with van der Waals surface area (Å²) < 4.78 is 5.63. The lowest BCUT2D eigenvalue weighted by Gasteiger charge is -2.33. The summed E-state index contributed by atoms with van der Waals surface area (Å²) in [5, 5.41) is 6.90. The van der Waals surface area contributed by atoms with Crippen LogP contribution in [0, 0.1) is 5.92 Å². The summed E-state index contributed by atoms with van der Waals surface area (Å²) in [7, 11) is 0. The molecule has 45 heavy (non-hydrogen) atoms. The second-order valence-corrected chi connectivity index (χ2v) is 12.9. The molecule has 3 aromatic rings. The van der Waals surface area contributed by atoms with Gasteiger partial charge in [-0.05, 0) is 83.2 Å². The average molecular weight is 618 g/mol. The number of hydrogen-bond donors (Lipinski definition) is 4. The third-order valence-corrected chi connectivity index (χ3v) is 8.32. The number of unbranched alkanes of at least 4 members (excludes halogenated alkanes) is 1. The summed E-state index contributed by atoms with van der Waals surface area (Å²) in [6.07, 6.45) is 4.54. The van der Waals surface area contributed by atoms with E-state index in [9.17, 15) is 19.2 Å². The second-order valence-electron chi connectivity index (χ2n) is 12.9. The van der Waals surface area contributed by atoms with Gasteiger partial charge in [-0.3, -0.25) is 14.4 Å². The number of benzene rings is 2. The molecule has 0 saturated carbocycles. The van der Waals surface area contributed by atoms with Crippen molar-refractivity contribution >= 4 is 34.6 Å². The standard InChI is InChI=1S/C35H47N5O5/c1-23(27-22-37-28-15-9-8-14-26(27)28)30(32(42)38-29(16-10-11-19-36)34(44)45-35(2,3)4)39-31(41)24-17-20-40(21-18-24)33(43)25-12-6-5-7-13-25/h5-9,12-15,22-24,29-30,37H,10-11,16-21,36H2,1-4H3,(H,38,42)(H,39,41)/t23-,29-,30-/m0/s1. The maximum absolute atomic E-state index is 14.0. The number of carbonyl (C=O) groups is 4. The smallest absolute Gasteiger partial charge is 0.329 e. The van der Waals surface area contributed by atoms with Crippen LogP contribution in [0.5, 0.6) is 0 Å². The highest BCUT2D eigenvalue weighted by Crippen LogP contribution is 2.29. The van der Waals surface area contributed by atoms with Gasteiger partial charge in [-0.1, -0.05) is 43.3 Å². The molecule has 0 aliphatic carbocycles. The van der Waals surface area contributed by atoms with Gasteiger partial charge in [0, 0.05) is 47.6 Å². The predicted octanol–water partition coefficient (Wildman–Crippen LogP) is 4.26. The summed E-state index contributed by atoms with van der Waals surface area (Å²) in [6.45, 7) is 8.61. The molecule has 5 N–H and O–H groups in total. The Bertz CT molecular complexity index is 1460. The molecule has 2 heterocycles. The van der Waals surface area contributed by atoms with E-state index in [0.717, 1.165) is 16.5 Å². The molecule has 0 bridgehead atoms. The number of carbonyl (C=O) groups excluding carboxylic acids is 4. The van der Waals surface area contributed by atoms with E-state index < -0.39 is 35.5 Å². The highest BCUT2D eigenvalue weighted by Gasteiger charge is 2.36. The molecule has 1 aromatic heterocycles. The number of rotatable bonds is 12. The zero-order chi connectivity index (χ0) is 32.6. The van der Waals surface area contributed by atoms with Crippen molar-refractivity contribution in [3.05, 3.63) is 71.9 Å². The second kappa shape index (κ2) is 15.2. The lowest BCUT2D eigenvalue weighted by atomic mass is 9.90. The Hall–Kier alpha value is -4.18. The van der Waals surface area contributed by atoms with Gasteiger partial charge < -0.3 is 31.0 Å². The Morgan fingerprint density at radius 2 is 1.64 bits per heavy atom. The number of H-pyrrole nitrogens is 1. The van der Waals surface area contributed by atoms with Crippen molar-refractivity contribution < 1.29 is 23.9 Å². The fraction of sp³-hybridized carbons (Fsp3) is 0.486. The molecule has 0 radical (unpaired) electrons. The molecule has 10 heteroatoms. The van der Waals surface area contributed by atoms with Crippen molar-refractivity contribution in [2.45, 2.75) is 83.4 Å². The van der Waals surface area contributed by atoms with Crippen LogP contribution in [-0.4, -0.2) is 70.9 Å². The zero-order valence-corrected chi connectivity index (χ0v) is 26.8. The topological polar surface area (TPSA) is 147 Å². The van der Waals surface area contributed by atoms with Crippen LogP contribution in [0.25, 0.3) is 10.9 Å². The zero-order valence-electron chi connectivity index (χ0n) is 26.8. The van der Waals surface area contributed by atoms with Crippen molar-refractivity contribution in [2.75, 3.05) is 19.6 Å². The van der Waals surface area contributed by atoms with E-state index in [4.69, 9.17) is 10.5 Å². The average Bonchev–Trinajstić information content (AvgIpc) is 3.46. The number of fused-ring (bicyclic) bond motifs is 1. The quantitative estimate of drug-likeness (QED) is 0.176. The van der Waals surface area contributed by atoms with E-state index in [0.29, 0.717) is 57.3 Å². The molecule has 0 unspecified atom stereocenters. The fourth-order valence-corrected chi connectivity index (χ4v) is 5.82. The van der Waals surface area contributed by atoms with E-state index in [1.54, 1.807) is 37.8 Å². The van der Waals surface area contributed by atoms with Gasteiger partial charge in [0.1, 0.15) is 17.7 Å². The number of aromatic nitrogens is 1. The van der Waals surface area contributed by atoms with Gasteiger partial charge in [-0.2, -0.15) is 0 Å². The molecule has 3 amide bonds. The molecule has 3 atom stereocenters. The molecule has 2 aromatic carbocycles. The first-order chi connectivity index (χ1) is 21.5. The van der Waals surface area contributed by atoms with Gasteiger partial charge in [-0.15, -0.1) is 0 Å².